The van der Waals surface area contributed by atoms with Crippen LogP contribution in [0.3, 0.4) is 0 Å². The summed E-state index contributed by atoms with van der Waals surface area (Å²) in [5.74, 6) is 0.263. The second kappa shape index (κ2) is 4.96. The van der Waals surface area contributed by atoms with Gasteiger partial charge in [0, 0.05) is 18.3 Å². The van der Waals surface area contributed by atoms with Crippen LogP contribution in [0.2, 0.25) is 0 Å². The fraction of sp³-hybridized carbons (Fsp3) is 0.200. The van der Waals surface area contributed by atoms with Gasteiger partial charge in [-0.25, -0.2) is 8.42 Å². The Hall–Kier alpha value is -2.21. The summed E-state index contributed by atoms with van der Waals surface area (Å²) in [6.07, 6.45) is 0.715. The Morgan fingerprint density at radius 3 is 2.71 bits per heavy atom. The van der Waals surface area contributed by atoms with Gasteiger partial charge in [-0.1, -0.05) is 18.2 Å². The van der Waals surface area contributed by atoms with Crippen molar-refractivity contribution >= 4 is 21.4 Å². The summed E-state index contributed by atoms with van der Waals surface area (Å²) < 4.78 is 32.4. The van der Waals surface area contributed by atoms with Crippen molar-refractivity contribution in [3.05, 3.63) is 48.0 Å². The predicted octanol–water partition coefficient (Wildman–Crippen LogP) is 2.03. The molecule has 1 aliphatic rings. The molecule has 0 amide bonds. The molecule has 2 aromatic rings. The zero-order valence-electron chi connectivity index (χ0n) is 11.6. The van der Waals surface area contributed by atoms with Crippen molar-refractivity contribution in [2.45, 2.75) is 11.3 Å². The Kier molecular flexibility index (Phi) is 3.25. The molecule has 0 aliphatic carbocycles. The van der Waals surface area contributed by atoms with Crippen LogP contribution >= 0.6 is 0 Å². The number of rotatable bonds is 3. The highest BCUT2D eigenvalue weighted by atomic mass is 32.2. The molecule has 0 atom stereocenters. The second-order valence-corrected chi connectivity index (χ2v) is 6.70. The highest BCUT2D eigenvalue weighted by Gasteiger charge is 2.32. The van der Waals surface area contributed by atoms with Gasteiger partial charge in [0.1, 0.15) is 10.6 Å². The highest BCUT2D eigenvalue weighted by Crippen LogP contribution is 2.36. The Labute approximate surface area is 124 Å². The second-order valence-electron chi connectivity index (χ2n) is 4.87. The lowest BCUT2D eigenvalue weighted by atomic mass is 10.2. The molecule has 2 aromatic carbocycles. The number of nitrogens with two attached hydrogens (primary N) is 1. The van der Waals surface area contributed by atoms with Crippen molar-refractivity contribution < 1.29 is 13.2 Å². The number of hydrogen-bond acceptors (Lipinski definition) is 4. The average molecular weight is 304 g/mol. The van der Waals surface area contributed by atoms with Crippen molar-refractivity contribution in [2.75, 3.05) is 23.7 Å². The van der Waals surface area contributed by atoms with E-state index in [4.69, 9.17) is 10.5 Å². The van der Waals surface area contributed by atoms with E-state index < -0.39 is 10.0 Å². The molecule has 0 bridgehead atoms. The Balaban J connectivity index is 2.11. The van der Waals surface area contributed by atoms with Gasteiger partial charge in [0.15, 0.2) is 0 Å². The first-order valence-corrected chi connectivity index (χ1v) is 8.02. The minimum atomic E-state index is -3.66. The smallest absolute Gasteiger partial charge is 0.268 e. The van der Waals surface area contributed by atoms with Crippen molar-refractivity contribution in [3.63, 3.8) is 0 Å². The number of ether oxygens (including phenoxy) is 1. The van der Waals surface area contributed by atoms with Gasteiger partial charge in [-0.15, -0.1) is 0 Å². The largest absolute Gasteiger partial charge is 0.495 e. The van der Waals surface area contributed by atoms with Crippen LogP contribution in [-0.2, 0) is 16.4 Å². The standard InChI is InChI=1S/C15H16N2O3S/c1-20-14-10-12(16)6-7-15(14)21(18,19)17-9-8-11-4-2-3-5-13(11)17/h2-7,10H,8-9,16H2,1H3. The fourth-order valence-electron chi connectivity index (χ4n) is 2.57. The van der Waals surface area contributed by atoms with E-state index in [0.29, 0.717) is 18.7 Å². The van der Waals surface area contributed by atoms with Gasteiger partial charge in [0.2, 0.25) is 0 Å². The van der Waals surface area contributed by atoms with Gasteiger partial charge < -0.3 is 10.5 Å². The molecule has 3 rings (SSSR count). The van der Waals surface area contributed by atoms with Crippen LogP contribution in [0.5, 0.6) is 5.75 Å². The lowest BCUT2D eigenvalue weighted by Crippen LogP contribution is -2.29. The first-order chi connectivity index (χ1) is 10.0. The minimum absolute atomic E-state index is 0.135. The molecule has 2 N–H and O–H groups in total. The molecule has 0 saturated heterocycles. The van der Waals surface area contributed by atoms with Gasteiger partial charge >= 0.3 is 0 Å². The predicted molar refractivity (Wildman–Crippen MR) is 82.1 cm³/mol. The molecule has 21 heavy (non-hydrogen) atoms. The van der Waals surface area contributed by atoms with Gasteiger partial charge in [0.05, 0.1) is 12.8 Å². The number of fused-ring (bicyclic) bond motifs is 1. The van der Waals surface area contributed by atoms with Gasteiger partial charge in [-0.2, -0.15) is 0 Å². The van der Waals surface area contributed by atoms with E-state index in [1.165, 1.54) is 23.5 Å². The normalized spacial score (nSPS) is 14.0. The zero-order valence-corrected chi connectivity index (χ0v) is 12.4. The Morgan fingerprint density at radius 2 is 1.95 bits per heavy atom. The lowest BCUT2D eigenvalue weighted by molar-refractivity contribution is 0.403. The zero-order chi connectivity index (χ0) is 15.0. The summed E-state index contributed by atoms with van der Waals surface area (Å²) >= 11 is 0. The van der Waals surface area contributed by atoms with Crippen molar-refractivity contribution in [1.82, 2.24) is 0 Å². The van der Waals surface area contributed by atoms with Crippen molar-refractivity contribution in [2.24, 2.45) is 0 Å². The van der Waals surface area contributed by atoms with Crippen molar-refractivity contribution in [1.29, 1.82) is 0 Å². The molecule has 0 radical (unpaired) electrons. The summed E-state index contributed by atoms with van der Waals surface area (Å²) in [5, 5.41) is 0. The molecule has 6 heteroatoms. The molecule has 110 valence electrons. The SMILES string of the molecule is COc1cc(N)ccc1S(=O)(=O)N1CCc2ccccc21. The Bertz CT molecular complexity index is 787. The van der Waals surface area contributed by atoms with Crippen LogP contribution in [0.4, 0.5) is 11.4 Å². The van der Waals surface area contributed by atoms with Crippen LogP contribution in [0, 0.1) is 0 Å². The van der Waals surface area contributed by atoms with E-state index in [9.17, 15) is 8.42 Å². The molecule has 0 saturated carbocycles. The number of nitrogen functional groups attached to an aromatic ring is 1. The minimum Gasteiger partial charge on any atom is -0.495 e. The molecule has 0 aromatic heterocycles. The van der Waals surface area contributed by atoms with Crippen LogP contribution in [0.15, 0.2) is 47.4 Å². The number of para-hydroxylation sites is 1. The van der Waals surface area contributed by atoms with E-state index in [0.717, 1.165) is 11.3 Å². The van der Waals surface area contributed by atoms with Crippen LogP contribution in [0.25, 0.3) is 0 Å². The maximum atomic E-state index is 12.9. The Morgan fingerprint density at radius 1 is 1.19 bits per heavy atom. The number of benzene rings is 2. The summed E-state index contributed by atoms with van der Waals surface area (Å²) in [6, 6.07) is 12.1. The van der Waals surface area contributed by atoms with Crippen LogP contribution in [-0.4, -0.2) is 22.1 Å². The van der Waals surface area contributed by atoms with E-state index in [2.05, 4.69) is 0 Å². The van der Waals surface area contributed by atoms with Crippen molar-refractivity contribution in [3.8, 4) is 5.75 Å². The molecule has 0 unspecified atom stereocenters. The summed E-state index contributed by atoms with van der Waals surface area (Å²) in [4.78, 5) is 0.135. The molecule has 0 fully saturated rings. The maximum Gasteiger partial charge on any atom is 0.268 e. The van der Waals surface area contributed by atoms with E-state index in [1.807, 2.05) is 24.3 Å². The first-order valence-electron chi connectivity index (χ1n) is 6.58. The summed E-state index contributed by atoms with van der Waals surface area (Å²) in [6.45, 7) is 0.440. The number of nitrogens with zero attached hydrogens (tertiary/aromatic N) is 1. The quantitative estimate of drug-likeness (QED) is 0.881. The van der Waals surface area contributed by atoms with Crippen LogP contribution in [0.1, 0.15) is 5.56 Å². The molecule has 0 spiro atoms. The lowest BCUT2D eigenvalue weighted by Gasteiger charge is -2.21. The fourth-order valence-corrected chi connectivity index (χ4v) is 4.22. The highest BCUT2D eigenvalue weighted by molar-refractivity contribution is 7.93. The summed E-state index contributed by atoms with van der Waals surface area (Å²) in [7, 11) is -2.22. The topological polar surface area (TPSA) is 72.6 Å². The van der Waals surface area contributed by atoms with E-state index in [-0.39, 0.29) is 10.6 Å². The van der Waals surface area contributed by atoms with E-state index in [1.54, 1.807) is 6.07 Å². The number of methoxy groups -OCH3 is 1. The third kappa shape index (κ3) is 2.21. The molecule has 1 heterocycles. The van der Waals surface area contributed by atoms with Crippen LogP contribution < -0.4 is 14.8 Å². The maximum absolute atomic E-state index is 12.9. The molecule has 1 aliphatic heterocycles. The number of anilines is 2. The number of hydrogen-bond donors (Lipinski definition) is 1. The first kappa shape index (κ1) is 13.8. The van der Waals surface area contributed by atoms with E-state index >= 15 is 0 Å². The molecule has 5 nitrogen and oxygen atoms in total. The summed E-state index contributed by atoms with van der Waals surface area (Å²) in [5.41, 5.74) is 7.92. The third-order valence-electron chi connectivity index (χ3n) is 3.60. The number of sulfonamides is 1. The van der Waals surface area contributed by atoms with Gasteiger partial charge in [-0.3, -0.25) is 4.31 Å². The molecular formula is C15H16N2O3S. The third-order valence-corrected chi connectivity index (χ3v) is 5.45. The van der Waals surface area contributed by atoms with Gasteiger partial charge in [-0.05, 0) is 30.2 Å². The average Bonchev–Trinajstić information content (AvgIpc) is 2.91. The molecular weight excluding hydrogens is 288 g/mol. The van der Waals surface area contributed by atoms with Gasteiger partial charge in [0.25, 0.3) is 10.0 Å². The monoisotopic (exact) mass is 304 g/mol.